The predicted molar refractivity (Wildman–Crippen MR) is 93.3 cm³/mol. The van der Waals surface area contributed by atoms with Gasteiger partial charge in [0, 0.05) is 21.9 Å². The normalized spacial score (nSPS) is 11.1. The second-order valence-electron chi connectivity index (χ2n) is 4.79. The van der Waals surface area contributed by atoms with Crippen LogP contribution < -0.4 is 5.32 Å². The standard InChI is InChI=1S/C16H10Cl2N6/c17-13-5-11(6-14(18)7-13)10-1-3-15(4-2-10)20-9-12(8-19)16-21-23-24-22-16/h1-7,9,20H,(H,21,22,23,24). The molecule has 0 amide bonds. The Morgan fingerprint density at radius 1 is 1.08 bits per heavy atom. The van der Waals surface area contributed by atoms with Gasteiger partial charge in [-0.2, -0.15) is 10.5 Å². The zero-order valence-electron chi connectivity index (χ0n) is 12.2. The Kier molecular flexibility index (Phi) is 4.75. The largest absolute Gasteiger partial charge is 0.360 e. The van der Waals surface area contributed by atoms with Crippen molar-refractivity contribution in [2.45, 2.75) is 0 Å². The van der Waals surface area contributed by atoms with Gasteiger partial charge in [0.15, 0.2) is 0 Å². The first-order valence-electron chi connectivity index (χ1n) is 6.83. The van der Waals surface area contributed by atoms with E-state index in [4.69, 9.17) is 28.5 Å². The first-order chi connectivity index (χ1) is 11.7. The molecular formula is C16H10Cl2N6. The van der Waals surface area contributed by atoms with Crippen molar-refractivity contribution >= 4 is 34.5 Å². The van der Waals surface area contributed by atoms with Gasteiger partial charge in [0.2, 0.25) is 5.82 Å². The number of hydrogen-bond acceptors (Lipinski definition) is 5. The van der Waals surface area contributed by atoms with Crippen molar-refractivity contribution in [2.75, 3.05) is 5.32 Å². The molecule has 8 heteroatoms. The number of aromatic amines is 1. The molecule has 0 fully saturated rings. The predicted octanol–water partition coefficient (Wildman–Crippen LogP) is 4.15. The molecule has 3 aromatic rings. The fourth-order valence-corrected chi connectivity index (χ4v) is 2.58. The second kappa shape index (κ2) is 7.13. The van der Waals surface area contributed by atoms with Crippen LogP contribution in [0.4, 0.5) is 5.69 Å². The number of tetrazole rings is 1. The number of benzene rings is 2. The summed E-state index contributed by atoms with van der Waals surface area (Å²) in [6.07, 6.45) is 1.52. The molecule has 3 rings (SSSR count). The number of halogens is 2. The zero-order chi connectivity index (χ0) is 16.9. The third-order valence-electron chi connectivity index (χ3n) is 3.17. The molecular weight excluding hydrogens is 347 g/mol. The highest BCUT2D eigenvalue weighted by Gasteiger charge is 2.05. The van der Waals surface area contributed by atoms with E-state index in [0.29, 0.717) is 10.0 Å². The fourth-order valence-electron chi connectivity index (χ4n) is 2.06. The lowest BCUT2D eigenvalue weighted by Gasteiger charge is -2.06. The van der Waals surface area contributed by atoms with Crippen LogP contribution in [0.5, 0.6) is 0 Å². The molecule has 2 aromatic carbocycles. The Labute approximate surface area is 147 Å². The highest BCUT2D eigenvalue weighted by molar-refractivity contribution is 6.35. The quantitative estimate of drug-likeness (QED) is 0.685. The Morgan fingerprint density at radius 3 is 2.38 bits per heavy atom. The van der Waals surface area contributed by atoms with E-state index in [1.165, 1.54) is 6.20 Å². The molecule has 0 saturated carbocycles. The molecule has 118 valence electrons. The summed E-state index contributed by atoms with van der Waals surface area (Å²) in [5.41, 5.74) is 2.99. The van der Waals surface area contributed by atoms with E-state index in [9.17, 15) is 0 Å². The van der Waals surface area contributed by atoms with E-state index in [2.05, 4.69) is 25.9 Å². The smallest absolute Gasteiger partial charge is 0.216 e. The third kappa shape index (κ3) is 3.71. The molecule has 24 heavy (non-hydrogen) atoms. The first kappa shape index (κ1) is 16.0. The molecule has 0 atom stereocenters. The molecule has 1 heterocycles. The van der Waals surface area contributed by atoms with Gasteiger partial charge in [0.05, 0.1) is 0 Å². The van der Waals surface area contributed by atoms with E-state index in [-0.39, 0.29) is 11.4 Å². The van der Waals surface area contributed by atoms with Crippen molar-refractivity contribution < 1.29 is 0 Å². The van der Waals surface area contributed by atoms with Gasteiger partial charge in [-0.3, -0.25) is 0 Å². The second-order valence-corrected chi connectivity index (χ2v) is 5.66. The average Bonchev–Trinajstić information content (AvgIpc) is 3.09. The van der Waals surface area contributed by atoms with Crippen LogP contribution in [-0.4, -0.2) is 20.6 Å². The molecule has 6 nitrogen and oxygen atoms in total. The van der Waals surface area contributed by atoms with Gasteiger partial charge in [-0.15, -0.1) is 10.2 Å². The molecule has 0 spiro atoms. The first-order valence-corrected chi connectivity index (χ1v) is 7.58. The van der Waals surface area contributed by atoms with Gasteiger partial charge in [-0.25, -0.2) is 0 Å². The van der Waals surface area contributed by atoms with Crippen molar-refractivity contribution in [3.05, 3.63) is 64.5 Å². The van der Waals surface area contributed by atoms with Crippen LogP contribution in [0.25, 0.3) is 16.7 Å². The monoisotopic (exact) mass is 356 g/mol. The number of nitriles is 1. The molecule has 0 bridgehead atoms. The third-order valence-corrected chi connectivity index (χ3v) is 3.61. The minimum absolute atomic E-state index is 0.232. The molecule has 2 N–H and O–H groups in total. The average molecular weight is 357 g/mol. The lowest BCUT2D eigenvalue weighted by atomic mass is 10.1. The molecule has 0 unspecified atom stereocenters. The molecule has 0 radical (unpaired) electrons. The van der Waals surface area contributed by atoms with Gasteiger partial charge >= 0.3 is 0 Å². The summed E-state index contributed by atoms with van der Waals surface area (Å²) in [4.78, 5) is 0. The number of aromatic nitrogens is 4. The summed E-state index contributed by atoms with van der Waals surface area (Å²) >= 11 is 12.1. The summed E-state index contributed by atoms with van der Waals surface area (Å²) in [6, 6.07) is 15.0. The highest BCUT2D eigenvalue weighted by atomic mass is 35.5. The van der Waals surface area contributed by atoms with E-state index >= 15 is 0 Å². The van der Waals surface area contributed by atoms with Crippen molar-refractivity contribution in [3.8, 4) is 17.2 Å². The molecule has 0 aliphatic heterocycles. The maximum absolute atomic E-state index is 9.12. The molecule has 0 aliphatic carbocycles. The lowest BCUT2D eigenvalue weighted by Crippen LogP contribution is -1.93. The number of H-pyrrole nitrogens is 1. The molecule has 1 aromatic heterocycles. The zero-order valence-corrected chi connectivity index (χ0v) is 13.7. The van der Waals surface area contributed by atoms with Gasteiger partial charge in [-0.1, -0.05) is 35.3 Å². The van der Waals surface area contributed by atoms with Crippen LogP contribution >= 0.6 is 23.2 Å². The molecule has 0 aliphatic rings. The number of nitrogens with zero attached hydrogens (tertiary/aromatic N) is 4. The van der Waals surface area contributed by atoms with Crippen molar-refractivity contribution in [3.63, 3.8) is 0 Å². The van der Waals surface area contributed by atoms with Crippen molar-refractivity contribution in [2.24, 2.45) is 0 Å². The van der Waals surface area contributed by atoms with Crippen LogP contribution in [-0.2, 0) is 0 Å². The number of nitrogens with one attached hydrogen (secondary N) is 2. The van der Waals surface area contributed by atoms with Crippen LogP contribution in [0, 0.1) is 11.3 Å². The van der Waals surface area contributed by atoms with Crippen LogP contribution in [0.3, 0.4) is 0 Å². The SMILES string of the molecule is N#CC(=CNc1ccc(-c2cc(Cl)cc(Cl)c2)cc1)c1nn[nH]n1. The number of hydrogen-bond donors (Lipinski definition) is 2. The number of anilines is 1. The van der Waals surface area contributed by atoms with Gasteiger partial charge < -0.3 is 5.32 Å². The topological polar surface area (TPSA) is 90.3 Å². The minimum Gasteiger partial charge on any atom is -0.360 e. The van der Waals surface area contributed by atoms with Crippen LogP contribution in [0.15, 0.2) is 48.7 Å². The van der Waals surface area contributed by atoms with Gasteiger partial charge in [-0.05, 0) is 46.7 Å². The van der Waals surface area contributed by atoms with Gasteiger partial charge in [0.1, 0.15) is 11.6 Å². The Hall–Kier alpha value is -2.88. The summed E-state index contributed by atoms with van der Waals surface area (Å²) in [7, 11) is 0. The number of allylic oxidation sites excluding steroid dienone is 1. The Balaban J connectivity index is 1.79. The van der Waals surface area contributed by atoms with E-state index in [1.807, 2.05) is 42.5 Å². The van der Waals surface area contributed by atoms with E-state index < -0.39 is 0 Å². The van der Waals surface area contributed by atoms with Gasteiger partial charge in [0.25, 0.3) is 0 Å². The lowest BCUT2D eigenvalue weighted by molar-refractivity contribution is 0.881. The van der Waals surface area contributed by atoms with E-state index in [0.717, 1.165) is 16.8 Å². The summed E-state index contributed by atoms with van der Waals surface area (Å²) in [5, 5.41) is 26.6. The summed E-state index contributed by atoms with van der Waals surface area (Å²) < 4.78 is 0. The summed E-state index contributed by atoms with van der Waals surface area (Å²) in [5.74, 6) is 0.232. The highest BCUT2D eigenvalue weighted by Crippen LogP contribution is 2.28. The van der Waals surface area contributed by atoms with Crippen molar-refractivity contribution in [1.29, 1.82) is 5.26 Å². The number of rotatable bonds is 4. The van der Waals surface area contributed by atoms with Crippen molar-refractivity contribution in [1.82, 2.24) is 20.6 Å². The van der Waals surface area contributed by atoms with Crippen LogP contribution in [0.2, 0.25) is 10.0 Å². The summed E-state index contributed by atoms with van der Waals surface area (Å²) in [6.45, 7) is 0. The Bertz CT molecular complexity index is 890. The minimum atomic E-state index is 0.232. The van der Waals surface area contributed by atoms with Crippen LogP contribution in [0.1, 0.15) is 5.82 Å². The fraction of sp³-hybridized carbons (Fsp3) is 0. The van der Waals surface area contributed by atoms with E-state index in [1.54, 1.807) is 6.07 Å². The maximum Gasteiger partial charge on any atom is 0.216 e. The Morgan fingerprint density at radius 2 is 1.79 bits per heavy atom. The molecule has 0 saturated heterocycles. The maximum atomic E-state index is 9.12.